The summed E-state index contributed by atoms with van der Waals surface area (Å²) in [5.74, 6) is -0.435. The zero-order valence-corrected chi connectivity index (χ0v) is 24.3. The lowest BCUT2D eigenvalue weighted by atomic mass is 10.1. The number of rotatable bonds is 12. The highest BCUT2D eigenvalue weighted by molar-refractivity contribution is 7.92. The lowest BCUT2D eigenvalue weighted by molar-refractivity contribution is -0.139. The van der Waals surface area contributed by atoms with Gasteiger partial charge in [0.2, 0.25) is 11.8 Å². The van der Waals surface area contributed by atoms with Gasteiger partial charge in [-0.2, -0.15) is 0 Å². The van der Waals surface area contributed by atoms with Crippen molar-refractivity contribution in [3.8, 4) is 5.75 Å². The molecule has 1 N–H and O–H groups in total. The molecule has 0 spiro atoms. The summed E-state index contributed by atoms with van der Waals surface area (Å²) in [5, 5.41) is 3.47. The minimum absolute atomic E-state index is 0.00771. The van der Waals surface area contributed by atoms with Gasteiger partial charge in [0.1, 0.15) is 18.3 Å². The highest BCUT2D eigenvalue weighted by Crippen LogP contribution is 2.27. The van der Waals surface area contributed by atoms with Crippen LogP contribution in [0.1, 0.15) is 26.3 Å². The Kier molecular flexibility index (Phi) is 10.6. The van der Waals surface area contributed by atoms with Crippen molar-refractivity contribution >= 4 is 50.7 Å². The van der Waals surface area contributed by atoms with E-state index in [0.29, 0.717) is 40.2 Å². The van der Waals surface area contributed by atoms with Crippen molar-refractivity contribution < 1.29 is 22.7 Å². The van der Waals surface area contributed by atoms with Crippen molar-refractivity contribution in [1.29, 1.82) is 0 Å². The van der Waals surface area contributed by atoms with Crippen molar-refractivity contribution in [1.82, 2.24) is 10.2 Å². The SMILES string of the molecule is CCNC(=O)[C@@H](C)N(Cc1ccc(Cl)cc1Cl)C(=O)CN(c1ccccc1)S(=O)(=O)c1ccc(OCC)cc1. The number of carbonyl (C=O) groups is 2. The number of nitrogens with zero attached hydrogens (tertiary/aromatic N) is 2. The Labute approximate surface area is 239 Å². The molecule has 0 saturated heterocycles. The van der Waals surface area contributed by atoms with Crippen molar-refractivity contribution in [2.24, 2.45) is 0 Å². The van der Waals surface area contributed by atoms with E-state index in [1.807, 2.05) is 6.92 Å². The highest BCUT2D eigenvalue weighted by Gasteiger charge is 2.32. The number of benzene rings is 3. The van der Waals surface area contributed by atoms with Crippen LogP contribution >= 0.6 is 23.2 Å². The van der Waals surface area contributed by atoms with Crippen LogP contribution in [0.2, 0.25) is 10.0 Å². The van der Waals surface area contributed by atoms with Crippen LogP contribution in [-0.4, -0.2) is 50.9 Å². The van der Waals surface area contributed by atoms with Gasteiger partial charge in [0.25, 0.3) is 10.0 Å². The molecule has 0 aromatic heterocycles. The second-order valence-corrected chi connectivity index (χ2v) is 11.3. The summed E-state index contributed by atoms with van der Waals surface area (Å²) in [5.41, 5.74) is 0.862. The van der Waals surface area contributed by atoms with E-state index >= 15 is 0 Å². The summed E-state index contributed by atoms with van der Waals surface area (Å²) in [6, 6.07) is 18.3. The van der Waals surface area contributed by atoms with Crippen molar-refractivity contribution in [2.45, 2.75) is 38.3 Å². The number of amides is 2. The molecule has 0 aliphatic heterocycles. The predicted molar refractivity (Wildman–Crippen MR) is 154 cm³/mol. The summed E-state index contributed by atoms with van der Waals surface area (Å²) < 4.78 is 34.1. The minimum Gasteiger partial charge on any atom is -0.494 e. The molecule has 0 saturated carbocycles. The summed E-state index contributed by atoms with van der Waals surface area (Å²) in [7, 11) is -4.17. The van der Waals surface area contributed by atoms with Gasteiger partial charge in [-0.1, -0.05) is 47.5 Å². The number of ether oxygens (including phenoxy) is 1. The summed E-state index contributed by atoms with van der Waals surface area (Å²) in [6.45, 7) is 5.42. The Balaban J connectivity index is 2.01. The van der Waals surface area contributed by atoms with E-state index in [0.717, 1.165) is 4.31 Å². The number of likely N-dealkylation sites (N-methyl/N-ethyl adjacent to an activating group) is 1. The first kappa shape index (κ1) is 30.3. The summed E-state index contributed by atoms with van der Waals surface area (Å²) in [4.78, 5) is 27.9. The van der Waals surface area contributed by atoms with Gasteiger partial charge in [-0.15, -0.1) is 0 Å². The molecule has 8 nitrogen and oxygen atoms in total. The molecule has 1 atom stereocenters. The highest BCUT2D eigenvalue weighted by atomic mass is 35.5. The monoisotopic (exact) mass is 591 g/mol. The van der Waals surface area contributed by atoms with Gasteiger partial charge in [-0.05, 0) is 74.9 Å². The fourth-order valence-corrected chi connectivity index (χ4v) is 5.75. The van der Waals surface area contributed by atoms with Gasteiger partial charge in [0, 0.05) is 23.1 Å². The fraction of sp³-hybridized carbons (Fsp3) is 0.286. The fourth-order valence-electron chi connectivity index (χ4n) is 3.86. The number of nitrogens with one attached hydrogen (secondary N) is 1. The second kappa shape index (κ2) is 13.7. The maximum Gasteiger partial charge on any atom is 0.264 e. The van der Waals surface area contributed by atoms with Crippen LogP contribution in [0.25, 0.3) is 0 Å². The zero-order valence-electron chi connectivity index (χ0n) is 21.9. The van der Waals surface area contributed by atoms with E-state index in [4.69, 9.17) is 27.9 Å². The van der Waals surface area contributed by atoms with Crippen LogP contribution in [0.5, 0.6) is 5.75 Å². The molecule has 0 bridgehead atoms. The molecule has 3 aromatic rings. The molecule has 0 unspecified atom stereocenters. The maximum absolute atomic E-state index is 13.8. The quantitative estimate of drug-likeness (QED) is 0.314. The van der Waals surface area contributed by atoms with Gasteiger partial charge in [-0.3, -0.25) is 13.9 Å². The first-order valence-corrected chi connectivity index (χ1v) is 14.6. The summed E-state index contributed by atoms with van der Waals surface area (Å²) in [6.07, 6.45) is 0. The molecule has 0 aliphatic rings. The first-order chi connectivity index (χ1) is 18.6. The Bertz CT molecular complexity index is 1390. The molecular formula is C28H31Cl2N3O5S. The largest absolute Gasteiger partial charge is 0.494 e. The Morgan fingerprint density at radius 1 is 0.974 bits per heavy atom. The van der Waals surface area contributed by atoms with Crippen molar-refractivity contribution in [3.05, 3.63) is 88.4 Å². The molecule has 39 heavy (non-hydrogen) atoms. The molecule has 3 aromatic carbocycles. The molecule has 2 amide bonds. The Morgan fingerprint density at radius 3 is 2.23 bits per heavy atom. The number of hydrogen-bond donors (Lipinski definition) is 1. The van der Waals surface area contributed by atoms with E-state index < -0.39 is 28.5 Å². The van der Waals surface area contributed by atoms with Crippen LogP contribution < -0.4 is 14.4 Å². The lowest BCUT2D eigenvalue weighted by Crippen LogP contribution is -2.51. The summed E-state index contributed by atoms with van der Waals surface area (Å²) >= 11 is 12.4. The van der Waals surface area contributed by atoms with E-state index in [-0.39, 0.29) is 17.3 Å². The topological polar surface area (TPSA) is 96.0 Å². The predicted octanol–water partition coefficient (Wildman–Crippen LogP) is 5.14. The normalized spacial score (nSPS) is 11.9. The molecule has 0 heterocycles. The molecule has 0 aliphatic carbocycles. The third kappa shape index (κ3) is 7.65. The first-order valence-electron chi connectivity index (χ1n) is 12.4. The van der Waals surface area contributed by atoms with Crippen molar-refractivity contribution in [2.75, 3.05) is 24.0 Å². The Morgan fingerprint density at radius 2 is 1.64 bits per heavy atom. The van der Waals surface area contributed by atoms with Crippen molar-refractivity contribution in [3.63, 3.8) is 0 Å². The zero-order chi connectivity index (χ0) is 28.6. The number of hydrogen-bond acceptors (Lipinski definition) is 5. The van der Waals surface area contributed by atoms with Gasteiger partial charge < -0.3 is 15.0 Å². The van der Waals surface area contributed by atoms with E-state index in [1.54, 1.807) is 74.5 Å². The number of anilines is 1. The Hall–Kier alpha value is -3.27. The van der Waals surface area contributed by atoms with Crippen LogP contribution in [0, 0.1) is 0 Å². The van der Waals surface area contributed by atoms with E-state index in [9.17, 15) is 18.0 Å². The van der Waals surface area contributed by atoms with Crippen LogP contribution in [-0.2, 0) is 26.2 Å². The smallest absolute Gasteiger partial charge is 0.264 e. The van der Waals surface area contributed by atoms with Crippen LogP contribution in [0.4, 0.5) is 5.69 Å². The molecule has 0 radical (unpaired) electrons. The number of carbonyl (C=O) groups excluding carboxylic acids is 2. The number of sulfonamides is 1. The average molecular weight is 593 g/mol. The standard InChI is InChI=1S/C28H31Cl2N3O5S/c1-4-31-28(35)20(3)32(18-21-11-12-22(29)17-26(21)30)27(34)19-33(23-9-7-6-8-10-23)39(36,37)25-15-13-24(14-16-25)38-5-2/h6-17,20H,4-5,18-19H2,1-3H3,(H,31,35)/t20-/m1/s1. The third-order valence-electron chi connectivity index (χ3n) is 5.92. The van der Waals surface area contributed by atoms with Gasteiger partial charge >= 0.3 is 0 Å². The number of para-hydroxylation sites is 1. The molecule has 0 fully saturated rings. The van der Waals surface area contributed by atoms with Gasteiger partial charge in [-0.25, -0.2) is 8.42 Å². The van der Waals surface area contributed by atoms with Crippen LogP contribution in [0.15, 0.2) is 77.7 Å². The average Bonchev–Trinajstić information content (AvgIpc) is 2.92. The van der Waals surface area contributed by atoms with Crippen LogP contribution in [0.3, 0.4) is 0 Å². The molecule has 3 rings (SSSR count). The lowest BCUT2D eigenvalue weighted by Gasteiger charge is -2.32. The second-order valence-electron chi connectivity index (χ2n) is 8.58. The van der Waals surface area contributed by atoms with Gasteiger partial charge in [0.15, 0.2) is 0 Å². The third-order valence-corrected chi connectivity index (χ3v) is 8.29. The molecular weight excluding hydrogens is 561 g/mol. The maximum atomic E-state index is 13.8. The van der Waals surface area contributed by atoms with E-state index in [1.165, 1.54) is 17.0 Å². The van der Waals surface area contributed by atoms with Gasteiger partial charge in [0.05, 0.1) is 17.2 Å². The van der Waals surface area contributed by atoms with E-state index in [2.05, 4.69) is 5.32 Å². The molecule has 208 valence electrons. The molecule has 11 heteroatoms. The minimum atomic E-state index is -4.17. The number of halogens is 2.